The molecule has 1 aromatic heterocycles. The molecule has 0 unspecified atom stereocenters. The number of nitrogens with one attached hydrogen (secondary N) is 1. The number of nitrogens with zero attached hydrogens (tertiary/aromatic N) is 1. The van der Waals surface area contributed by atoms with Crippen LogP contribution in [0.4, 0.5) is 32.0 Å². The van der Waals surface area contributed by atoms with E-state index in [9.17, 15) is 40.0 Å². The fraction of sp³-hybridized carbons (Fsp3) is 0.353. The minimum atomic E-state index is -5.19. The van der Waals surface area contributed by atoms with Crippen LogP contribution in [0.2, 0.25) is 0 Å². The van der Waals surface area contributed by atoms with Gasteiger partial charge in [-0.25, -0.2) is 8.42 Å². The van der Waals surface area contributed by atoms with E-state index in [0.29, 0.717) is 4.88 Å². The molecule has 0 radical (unpaired) electrons. The van der Waals surface area contributed by atoms with Gasteiger partial charge < -0.3 is 0 Å². The highest BCUT2D eigenvalue weighted by Gasteiger charge is 2.38. The lowest BCUT2D eigenvalue weighted by Crippen LogP contribution is -2.17. The number of nitriles is 1. The van der Waals surface area contributed by atoms with Crippen molar-refractivity contribution in [2.75, 3.05) is 4.72 Å². The minimum Gasteiger partial charge on any atom is -0.277 e. The SMILES string of the molecule is CC(C)(C)c1cc(NS(=O)(=O)c2cc(C(F)(F)F)cc(C(F)(F)F)c2)c(C#N)s1. The molecular formula is C17H14F6N2O2S2. The Morgan fingerprint density at radius 3 is 1.79 bits per heavy atom. The van der Waals surface area contributed by atoms with E-state index in [2.05, 4.69) is 0 Å². The van der Waals surface area contributed by atoms with Crippen molar-refractivity contribution in [3.05, 3.63) is 45.1 Å². The maximum Gasteiger partial charge on any atom is 0.416 e. The highest BCUT2D eigenvalue weighted by Crippen LogP contribution is 2.39. The third-order valence-corrected chi connectivity index (χ3v) is 6.50. The number of sulfonamides is 1. The van der Waals surface area contributed by atoms with Crippen molar-refractivity contribution in [3.63, 3.8) is 0 Å². The van der Waals surface area contributed by atoms with E-state index >= 15 is 0 Å². The Morgan fingerprint density at radius 1 is 0.931 bits per heavy atom. The Bertz CT molecular complexity index is 1040. The molecule has 0 spiro atoms. The van der Waals surface area contributed by atoms with Gasteiger partial charge in [-0.05, 0) is 29.7 Å². The molecule has 0 aliphatic rings. The predicted molar refractivity (Wildman–Crippen MR) is 95.0 cm³/mol. The van der Waals surface area contributed by atoms with Gasteiger partial charge in [0.1, 0.15) is 10.9 Å². The van der Waals surface area contributed by atoms with Crippen LogP contribution in [0.5, 0.6) is 0 Å². The molecule has 0 bridgehead atoms. The number of hydrogen-bond acceptors (Lipinski definition) is 4. The maximum atomic E-state index is 13.0. The topological polar surface area (TPSA) is 70.0 Å². The van der Waals surface area contributed by atoms with Crippen molar-refractivity contribution in [2.24, 2.45) is 0 Å². The van der Waals surface area contributed by atoms with Gasteiger partial charge >= 0.3 is 12.4 Å². The fourth-order valence-electron chi connectivity index (χ4n) is 2.20. The van der Waals surface area contributed by atoms with Gasteiger partial charge in [0.25, 0.3) is 10.0 Å². The molecule has 0 atom stereocenters. The summed E-state index contributed by atoms with van der Waals surface area (Å²) < 4.78 is 105. The zero-order valence-corrected chi connectivity index (χ0v) is 16.8. The first-order valence-corrected chi connectivity index (χ1v) is 10.1. The largest absolute Gasteiger partial charge is 0.416 e. The summed E-state index contributed by atoms with van der Waals surface area (Å²) in [5, 5.41) is 9.19. The average Bonchev–Trinajstić information content (AvgIpc) is 2.95. The summed E-state index contributed by atoms with van der Waals surface area (Å²) in [5.74, 6) is 0. The van der Waals surface area contributed by atoms with Crippen LogP contribution in [-0.2, 0) is 27.8 Å². The Balaban J connectivity index is 2.60. The van der Waals surface area contributed by atoms with E-state index in [0.717, 1.165) is 11.3 Å². The zero-order valence-electron chi connectivity index (χ0n) is 15.2. The van der Waals surface area contributed by atoms with Crippen molar-refractivity contribution in [2.45, 2.75) is 43.4 Å². The molecule has 1 aromatic carbocycles. The number of hydrogen-bond donors (Lipinski definition) is 1. The van der Waals surface area contributed by atoms with E-state index in [-0.39, 0.29) is 28.8 Å². The zero-order chi connectivity index (χ0) is 22.4. The lowest BCUT2D eigenvalue weighted by molar-refractivity contribution is -0.143. The second-order valence-corrected chi connectivity index (χ2v) is 9.80. The van der Waals surface area contributed by atoms with Crippen LogP contribution in [0, 0.1) is 11.3 Å². The van der Waals surface area contributed by atoms with Crippen molar-refractivity contribution < 1.29 is 34.8 Å². The molecule has 1 heterocycles. The third kappa shape index (κ3) is 5.22. The van der Waals surface area contributed by atoms with Crippen LogP contribution in [0.3, 0.4) is 0 Å². The third-order valence-electron chi connectivity index (χ3n) is 3.69. The molecule has 2 aromatic rings. The van der Waals surface area contributed by atoms with Crippen molar-refractivity contribution in [3.8, 4) is 6.07 Å². The van der Waals surface area contributed by atoms with E-state index in [1.54, 1.807) is 26.8 Å². The van der Waals surface area contributed by atoms with E-state index in [4.69, 9.17) is 0 Å². The molecule has 12 heteroatoms. The van der Waals surface area contributed by atoms with Gasteiger partial charge in [0, 0.05) is 4.88 Å². The van der Waals surface area contributed by atoms with E-state index in [1.165, 1.54) is 6.07 Å². The molecule has 0 aliphatic heterocycles. The Hall–Kier alpha value is -2.26. The van der Waals surface area contributed by atoms with Crippen molar-refractivity contribution >= 4 is 27.0 Å². The van der Waals surface area contributed by atoms with Gasteiger partial charge in [-0.3, -0.25) is 4.72 Å². The highest BCUT2D eigenvalue weighted by atomic mass is 32.2. The quantitative estimate of drug-likeness (QED) is 0.598. The first-order chi connectivity index (χ1) is 12.9. The average molecular weight is 456 g/mol. The molecule has 158 valence electrons. The monoisotopic (exact) mass is 456 g/mol. The highest BCUT2D eigenvalue weighted by molar-refractivity contribution is 7.92. The fourth-order valence-corrected chi connectivity index (χ4v) is 4.37. The molecule has 4 nitrogen and oxygen atoms in total. The number of alkyl halides is 6. The first-order valence-electron chi connectivity index (χ1n) is 7.82. The van der Waals surface area contributed by atoms with Crippen LogP contribution in [0.15, 0.2) is 29.2 Å². The Labute approximate surface area is 166 Å². The van der Waals surface area contributed by atoms with Crippen LogP contribution in [0.25, 0.3) is 0 Å². The van der Waals surface area contributed by atoms with Crippen LogP contribution < -0.4 is 4.72 Å². The van der Waals surface area contributed by atoms with E-state index in [1.807, 2.05) is 4.72 Å². The summed E-state index contributed by atoms with van der Waals surface area (Å²) in [6.45, 7) is 5.38. The molecule has 0 fully saturated rings. The summed E-state index contributed by atoms with van der Waals surface area (Å²) in [6, 6.07) is 3.16. The van der Waals surface area contributed by atoms with Gasteiger partial charge in [0.15, 0.2) is 0 Å². The van der Waals surface area contributed by atoms with Crippen LogP contribution in [0.1, 0.15) is 41.7 Å². The number of thiophene rings is 1. The molecular weight excluding hydrogens is 442 g/mol. The van der Waals surface area contributed by atoms with Gasteiger partial charge in [0.05, 0.1) is 21.7 Å². The smallest absolute Gasteiger partial charge is 0.277 e. The molecule has 0 saturated carbocycles. The minimum absolute atomic E-state index is 0.0680. The van der Waals surface area contributed by atoms with Gasteiger partial charge in [-0.2, -0.15) is 31.6 Å². The number of benzene rings is 1. The summed E-state index contributed by atoms with van der Waals surface area (Å²) in [6.07, 6.45) is -10.4. The molecule has 2 rings (SSSR count). The lowest BCUT2D eigenvalue weighted by Gasteiger charge is -2.15. The Morgan fingerprint density at radius 2 is 1.41 bits per heavy atom. The van der Waals surface area contributed by atoms with Gasteiger partial charge in [0.2, 0.25) is 0 Å². The number of rotatable bonds is 3. The maximum absolute atomic E-state index is 13.0. The van der Waals surface area contributed by atoms with E-state index < -0.39 is 43.8 Å². The van der Waals surface area contributed by atoms with Gasteiger partial charge in [-0.1, -0.05) is 20.8 Å². The molecule has 0 saturated heterocycles. The van der Waals surface area contributed by atoms with Crippen LogP contribution in [-0.4, -0.2) is 8.42 Å². The lowest BCUT2D eigenvalue weighted by atomic mass is 9.95. The molecule has 0 amide bonds. The summed E-state index contributed by atoms with van der Waals surface area (Å²) in [5.41, 5.74) is -4.18. The summed E-state index contributed by atoms with van der Waals surface area (Å²) in [7, 11) is -4.84. The molecule has 0 aliphatic carbocycles. The van der Waals surface area contributed by atoms with Crippen molar-refractivity contribution in [1.29, 1.82) is 5.26 Å². The Kier molecular flexibility index (Phi) is 5.73. The summed E-state index contributed by atoms with van der Waals surface area (Å²) >= 11 is 0.969. The second kappa shape index (κ2) is 7.21. The summed E-state index contributed by atoms with van der Waals surface area (Å²) in [4.78, 5) is -0.680. The first kappa shape index (κ1) is 23.0. The molecule has 1 N–H and O–H groups in total. The van der Waals surface area contributed by atoms with Gasteiger partial charge in [-0.15, -0.1) is 11.3 Å². The second-order valence-electron chi connectivity index (χ2n) is 7.06. The van der Waals surface area contributed by atoms with Crippen LogP contribution >= 0.6 is 11.3 Å². The van der Waals surface area contributed by atoms with Crippen molar-refractivity contribution in [1.82, 2.24) is 0 Å². The number of halogens is 6. The number of anilines is 1. The molecule has 29 heavy (non-hydrogen) atoms. The predicted octanol–water partition coefficient (Wildman–Crippen LogP) is 5.76. The standard InChI is InChI=1S/C17H14F6N2O2S2/c1-15(2,3)14-7-12(13(8-24)28-14)25-29(26,27)11-5-9(16(18,19)20)4-10(6-11)17(21,22)23/h4-7,25H,1-3H3. The normalized spacial score (nSPS) is 13.2.